The van der Waals surface area contributed by atoms with Crippen molar-refractivity contribution < 1.29 is 9.90 Å². The number of piperidine rings is 1. The van der Waals surface area contributed by atoms with Crippen LogP contribution in [0.4, 0.5) is 4.79 Å². The lowest BCUT2D eigenvalue weighted by Crippen LogP contribution is -2.54. The SMILES string of the molecule is C[C@H](NC(=O)O)c1ccc(CN2CCN3CCCCC3C2)cc1. The van der Waals surface area contributed by atoms with E-state index in [0.717, 1.165) is 24.7 Å². The van der Waals surface area contributed by atoms with Crippen molar-refractivity contribution in [3.8, 4) is 0 Å². The fourth-order valence-corrected chi connectivity index (χ4v) is 3.80. The zero-order valence-corrected chi connectivity index (χ0v) is 13.9. The number of fused-ring (bicyclic) bond motifs is 1. The molecule has 1 unspecified atom stereocenters. The molecule has 2 fully saturated rings. The van der Waals surface area contributed by atoms with Crippen LogP contribution < -0.4 is 5.32 Å². The Balaban J connectivity index is 1.55. The molecule has 23 heavy (non-hydrogen) atoms. The number of amides is 1. The molecule has 0 saturated carbocycles. The number of rotatable bonds is 4. The van der Waals surface area contributed by atoms with Gasteiger partial charge >= 0.3 is 6.09 Å². The van der Waals surface area contributed by atoms with Gasteiger partial charge in [0.1, 0.15) is 0 Å². The van der Waals surface area contributed by atoms with Crippen molar-refractivity contribution >= 4 is 6.09 Å². The second-order valence-electron chi connectivity index (χ2n) is 6.83. The van der Waals surface area contributed by atoms with Gasteiger partial charge in [0.15, 0.2) is 0 Å². The molecule has 2 aliphatic heterocycles. The van der Waals surface area contributed by atoms with E-state index >= 15 is 0 Å². The molecule has 126 valence electrons. The van der Waals surface area contributed by atoms with Crippen molar-refractivity contribution in [1.82, 2.24) is 15.1 Å². The third kappa shape index (κ3) is 4.24. The van der Waals surface area contributed by atoms with Gasteiger partial charge in [-0.15, -0.1) is 0 Å². The van der Waals surface area contributed by atoms with Crippen LogP contribution in [0, 0.1) is 0 Å². The standard InChI is InChI=1S/C18H27N3O2/c1-14(19-18(22)23)16-7-5-15(6-8-16)12-20-10-11-21-9-3-2-4-17(21)13-20/h5-8,14,17,19H,2-4,9-13H2,1H3,(H,22,23)/t14-,17?/m0/s1. The van der Waals surface area contributed by atoms with Gasteiger partial charge in [-0.2, -0.15) is 0 Å². The molecule has 0 aromatic heterocycles. The Hall–Kier alpha value is -1.59. The number of hydrogen-bond donors (Lipinski definition) is 2. The normalized spacial score (nSPS) is 24.0. The summed E-state index contributed by atoms with van der Waals surface area (Å²) in [7, 11) is 0. The van der Waals surface area contributed by atoms with Crippen molar-refractivity contribution in [3.63, 3.8) is 0 Å². The summed E-state index contributed by atoms with van der Waals surface area (Å²) in [5.41, 5.74) is 2.31. The number of hydrogen-bond acceptors (Lipinski definition) is 3. The molecule has 5 nitrogen and oxygen atoms in total. The number of nitrogens with zero attached hydrogens (tertiary/aromatic N) is 2. The maximum Gasteiger partial charge on any atom is 0.405 e. The summed E-state index contributed by atoms with van der Waals surface area (Å²) in [4.78, 5) is 15.9. The highest BCUT2D eigenvalue weighted by Gasteiger charge is 2.28. The first-order chi connectivity index (χ1) is 11.1. The Morgan fingerprint density at radius 1 is 1.26 bits per heavy atom. The van der Waals surface area contributed by atoms with Crippen LogP contribution in [0.15, 0.2) is 24.3 Å². The van der Waals surface area contributed by atoms with Crippen molar-refractivity contribution in [2.45, 2.75) is 44.8 Å². The molecule has 2 heterocycles. The summed E-state index contributed by atoms with van der Waals surface area (Å²) < 4.78 is 0. The lowest BCUT2D eigenvalue weighted by molar-refractivity contribution is 0.0457. The van der Waals surface area contributed by atoms with E-state index in [1.165, 1.54) is 44.5 Å². The average molecular weight is 317 g/mol. The van der Waals surface area contributed by atoms with Crippen LogP contribution >= 0.6 is 0 Å². The number of piperazine rings is 1. The van der Waals surface area contributed by atoms with Gasteiger partial charge in [-0.1, -0.05) is 30.7 Å². The molecule has 0 radical (unpaired) electrons. The molecule has 0 aliphatic carbocycles. The molecule has 1 aromatic rings. The summed E-state index contributed by atoms with van der Waals surface area (Å²) in [6.45, 7) is 7.66. The van der Waals surface area contributed by atoms with Gasteiger partial charge in [-0.05, 0) is 37.4 Å². The van der Waals surface area contributed by atoms with E-state index in [4.69, 9.17) is 5.11 Å². The van der Waals surface area contributed by atoms with Gasteiger partial charge < -0.3 is 10.4 Å². The Kier molecular flexibility index (Phi) is 5.18. The van der Waals surface area contributed by atoms with Crippen LogP contribution in [0.5, 0.6) is 0 Å². The quantitative estimate of drug-likeness (QED) is 0.896. The van der Waals surface area contributed by atoms with Crippen molar-refractivity contribution in [3.05, 3.63) is 35.4 Å². The van der Waals surface area contributed by atoms with E-state index in [1.54, 1.807) is 0 Å². The number of nitrogens with one attached hydrogen (secondary N) is 1. The van der Waals surface area contributed by atoms with Gasteiger partial charge in [0.05, 0.1) is 6.04 Å². The molecule has 0 spiro atoms. The minimum absolute atomic E-state index is 0.174. The van der Waals surface area contributed by atoms with E-state index in [0.29, 0.717) is 0 Å². The Labute approximate surface area is 138 Å². The third-order valence-electron chi connectivity index (χ3n) is 5.15. The highest BCUT2D eigenvalue weighted by atomic mass is 16.4. The second kappa shape index (κ2) is 7.32. The monoisotopic (exact) mass is 317 g/mol. The minimum Gasteiger partial charge on any atom is -0.465 e. The van der Waals surface area contributed by atoms with E-state index in [2.05, 4.69) is 27.2 Å². The number of carbonyl (C=O) groups is 1. The average Bonchev–Trinajstić information content (AvgIpc) is 2.55. The summed E-state index contributed by atoms with van der Waals surface area (Å²) in [6, 6.07) is 8.90. The van der Waals surface area contributed by atoms with Crippen LogP contribution in [0.1, 0.15) is 43.4 Å². The van der Waals surface area contributed by atoms with Gasteiger partial charge in [-0.3, -0.25) is 9.80 Å². The molecule has 1 aromatic carbocycles. The molecule has 2 saturated heterocycles. The minimum atomic E-state index is -0.980. The topological polar surface area (TPSA) is 55.8 Å². The van der Waals surface area contributed by atoms with Crippen LogP contribution in [0.2, 0.25) is 0 Å². The first-order valence-electron chi connectivity index (χ1n) is 8.66. The maximum atomic E-state index is 10.7. The molecular formula is C18H27N3O2. The first kappa shape index (κ1) is 16.3. The summed E-state index contributed by atoms with van der Waals surface area (Å²) in [6.07, 6.45) is 3.10. The van der Waals surface area contributed by atoms with Crippen LogP contribution in [-0.2, 0) is 6.54 Å². The lowest BCUT2D eigenvalue weighted by atomic mass is 9.99. The molecule has 2 aliphatic rings. The highest BCUT2D eigenvalue weighted by Crippen LogP contribution is 2.22. The van der Waals surface area contributed by atoms with Gasteiger partial charge in [-0.25, -0.2) is 4.79 Å². The smallest absolute Gasteiger partial charge is 0.405 e. The fraction of sp³-hybridized carbons (Fsp3) is 0.611. The highest BCUT2D eigenvalue weighted by molar-refractivity contribution is 5.65. The molecule has 3 rings (SSSR count). The first-order valence-corrected chi connectivity index (χ1v) is 8.66. The van der Waals surface area contributed by atoms with E-state index in [-0.39, 0.29) is 6.04 Å². The van der Waals surface area contributed by atoms with Crippen LogP contribution in [0.3, 0.4) is 0 Å². The lowest BCUT2D eigenvalue weighted by Gasteiger charge is -2.44. The summed E-state index contributed by atoms with van der Waals surface area (Å²) >= 11 is 0. The molecular weight excluding hydrogens is 290 g/mol. The Bertz CT molecular complexity index is 532. The zero-order valence-electron chi connectivity index (χ0n) is 13.9. The summed E-state index contributed by atoms with van der Waals surface area (Å²) in [5, 5.41) is 11.3. The fourth-order valence-electron chi connectivity index (χ4n) is 3.80. The summed E-state index contributed by atoms with van der Waals surface area (Å²) in [5.74, 6) is 0. The van der Waals surface area contributed by atoms with Crippen molar-refractivity contribution in [2.75, 3.05) is 26.2 Å². The van der Waals surface area contributed by atoms with Crippen molar-refractivity contribution in [1.29, 1.82) is 0 Å². The number of carboxylic acid groups (broad SMARTS) is 1. The zero-order chi connectivity index (χ0) is 16.2. The molecule has 2 atom stereocenters. The molecule has 0 bridgehead atoms. The maximum absolute atomic E-state index is 10.7. The van der Waals surface area contributed by atoms with E-state index in [1.807, 2.05) is 19.1 Å². The molecule has 5 heteroatoms. The van der Waals surface area contributed by atoms with Crippen LogP contribution in [-0.4, -0.2) is 53.2 Å². The Morgan fingerprint density at radius 2 is 2.04 bits per heavy atom. The third-order valence-corrected chi connectivity index (χ3v) is 5.15. The van der Waals surface area contributed by atoms with Gasteiger partial charge in [0.2, 0.25) is 0 Å². The van der Waals surface area contributed by atoms with Crippen molar-refractivity contribution in [2.24, 2.45) is 0 Å². The predicted octanol–water partition coefficient (Wildman–Crippen LogP) is 2.69. The second-order valence-corrected chi connectivity index (χ2v) is 6.83. The van der Waals surface area contributed by atoms with Gasteiger partial charge in [0, 0.05) is 32.2 Å². The Morgan fingerprint density at radius 3 is 2.78 bits per heavy atom. The molecule has 2 N–H and O–H groups in total. The van der Waals surface area contributed by atoms with E-state index in [9.17, 15) is 4.79 Å². The molecule has 1 amide bonds. The van der Waals surface area contributed by atoms with Crippen LogP contribution in [0.25, 0.3) is 0 Å². The van der Waals surface area contributed by atoms with E-state index < -0.39 is 6.09 Å². The number of benzene rings is 1. The largest absolute Gasteiger partial charge is 0.465 e. The van der Waals surface area contributed by atoms with Gasteiger partial charge in [0.25, 0.3) is 0 Å². The predicted molar refractivity (Wildman–Crippen MR) is 90.5 cm³/mol.